The van der Waals surface area contributed by atoms with E-state index in [9.17, 15) is 9.59 Å². The summed E-state index contributed by atoms with van der Waals surface area (Å²) in [7, 11) is 1.57. The molecule has 10 nitrogen and oxygen atoms in total. The highest BCUT2D eigenvalue weighted by atomic mass is 16.5. The van der Waals surface area contributed by atoms with Crippen LogP contribution < -0.4 is 19.7 Å². The van der Waals surface area contributed by atoms with Gasteiger partial charge in [-0.25, -0.2) is 9.69 Å². The third kappa shape index (κ3) is 5.47. The molecule has 0 saturated carbocycles. The maximum absolute atomic E-state index is 13.7. The average molecular weight is 548 g/mol. The van der Waals surface area contributed by atoms with E-state index in [1.165, 1.54) is 4.90 Å². The van der Waals surface area contributed by atoms with Crippen molar-refractivity contribution in [3.8, 4) is 11.5 Å². The number of anilines is 1. The molecule has 2 fully saturated rings. The van der Waals surface area contributed by atoms with Crippen LogP contribution >= 0.6 is 0 Å². The summed E-state index contributed by atoms with van der Waals surface area (Å²) in [6.45, 7) is 10.3. The molecule has 1 atom stereocenters. The van der Waals surface area contributed by atoms with Crippen molar-refractivity contribution in [3.63, 3.8) is 0 Å². The Hall–Kier alpha value is -3.73. The number of imide groups is 1. The molecule has 1 aromatic heterocycles. The highest BCUT2D eigenvalue weighted by Crippen LogP contribution is 2.38. The van der Waals surface area contributed by atoms with E-state index >= 15 is 0 Å². The summed E-state index contributed by atoms with van der Waals surface area (Å²) in [6.07, 6.45) is 1.93. The summed E-state index contributed by atoms with van der Waals surface area (Å²) >= 11 is 0. The number of para-hydroxylation sites is 1. The third-order valence-corrected chi connectivity index (χ3v) is 7.69. The first-order valence-corrected chi connectivity index (χ1v) is 13.7. The Bertz CT molecular complexity index is 1370. The van der Waals surface area contributed by atoms with E-state index < -0.39 is 5.54 Å². The van der Waals surface area contributed by atoms with Gasteiger partial charge < -0.3 is 19.1 Å². The van der Waals surface area contributed by atoms with Gasteiger partial charge in [0.05, 0.1) is 37.7 Å². The fourth-order valence-electron chi connectivity index (χ4n) is 5.23. The number of nitrogens with one attached hydrogen (secondary N) is 1. The number of nitrogens with zero attached hydrogens (tertiary/aromatic N) is 4. The Morgan fingerprint density at radius 2 is 1.85 bits per heavy atom. The second-order valence-electron chi connectivity index (χ2n) is 10.5. The molecular weight excluding hydrogens is 510 g/mol. The van der Waals surface area contributed by atoms with Crippen LogP contribution in [0.25, 0.3) is 10.9 Å². The minimum absolute atomic E-state index is 0.200. The second kappa shape index (κ2) is 11.8. The molecule has 0 radical (unpaired) electrons. The first-order valence-electron chi connectivity index (χ1n) is 13.7. The van der Waals surface area contributed by atoms with Crippen LogP contribution in [-0.2, 0) is 16.1 Å². The number of rotatable bonds is 10. The number of amides is 3. The van der Waals surface area contributed by atoms with Crippen molar-refractivity contribution >= 4 is 28.5 Å². The van der Waals surface area contributed by atoms with Gasteiger partial charge >= 0.3 is 6.03 Å². The Morgan fingerprint density at radius 3 is 2.62 bits per heavy atom. The van der Waals surface area contributed by atoms with Gasteiger partial charge in [-0.1, -0.05) is 18.2 Å². The van der Waals surface area contributed by atoms with E-state index in [-0.39, 0.29) is 24.6 Å². The minimum atomic E-state index is -1.04. The zero-order chi connectivity index (χ0) is 28.3. The maximum atomic E-state index is 13.7. The number of morpholine rings is 1. The zero-order valence-corrected chi connectivity index (χ0v) is 23.6. The molecule has 2 aromatic carbocycles. The molecule has 2 aliphatic heterocycles. The van der Waals surface area contributed by atoms with Gasteiger partial charge in [0.25, 0.3) is 5.91 Å². The quantitative estimate of drug-likeness (QED) is 0.304. The molecule has 5 rings (SSSR count). The van der Waals surface area contributed by atoms with Crippen molar-refractivity contribution in [1.82, 2.24) is 20.1 Å². The average Bonchev–Trinajstić information content (AvgIpc) is 3.14. The normalized spacial score (nSPS) is 18.4. The van der Waals surface area contributed by atoms with Crippen molar-refractivity contribution in [2.75, 3.05) is 51.5 Å². The highest BCUT2D eigenvalue weighted by molar-refractivity contribution is 6.23. The Morgan fingerprint density at radius 1 is 1.07 bits per heavy atom. The number of hydrogen-bond acceptors (Lipinski definition) is 8. The Balaban J connectivity index is 1.31. The molecule has 3 heterocycles. The molecule has 0 aliphatic carbocycles. The Kier molecular flexibility index (Phi) is 8.20. The highest BCUT2D eigenvalue weighted by Gasteiger charge is 2.52. The second-order valence-corrected chi connectivity index (χ2v) is 10.5. The van der Waals surface area contributed by atoms with Crippen LogP contribution in [0, 0.1) is 0 Å². The van der Waals surface area contributed by atoms with Crippen LogP contribution in [0.15, 0.2) is 54.7 Å². The smallest absolute Gasteiger partial charge is 0.332 e. The predicted octanol–water partition coefficient (Wildman–Crippen LogP) is 3.64. The van der Waals surface area contributed by atoms with E-state index in [4.69, 9.17) is 14.2 Å². The maximum Gasteiger partial charge on any atom is 0.332 e. The molecule has 0 spiro atoms. The number of pyridine rings is 1. The molecular formula is C30H37N5O5. The van der Waals surface area contributed by atoms with Crippen molar-refractivity contribution in [1.29, 1.82) is 0 Å². The lowest BCUT2D eigenvalue weighted by atomic mass is 10.0. The van der Waals surface area contributed by atoms with E-state index in [1.54, 1.807) is 50.3 Å². The third-order valence-electron chi connectivity index (χ3n) is 7.69. The molecule has 212 valence electrons. The van der Waals surface area contributed by atoms with Crippen molar-refractivity contribution in [2.24, 2.45) is 0 Å². The van der Waals surface area contributed by atoms with E-state index in [1.807, 2.05) is 30.3 Å². The van der Waals surface area contributed by atoms with E-state index in [0.29, 0.717) is 30.3 Å². The van der Waals surface area contributed by atoms with E-state index in [2.05, 4.69) is 22.1 Å². The fraction of sp³-hybridized carbons (Fsp3) is 0.433. The van der Waals surface area contributed by atoms with Gasteiger partial charge in [0, 0.05) is 43.8 Å². The van der Waals surface area contributed by atoms with Crippen LogP contribution in [0.1, 0.15) is 26.3 Å². The van der Waals surface area contributed by atoms with Crippen LogP contribution in [0.4, 0.5) is 10.5 Å². The summed E-state index contributed by atoms with van der Waals surface area (Å²) in [5, 5.41) is 4.43. The van der Waals surface area contributed by atoms with Gasteiger partial charge in [-0.05, 0) is 50.6 Å². The molecule has 3 aromatic rings. The monoisotopic (exact) mass is 547 g/mol. The first kappa shape index (κ1) is 27.8. The SMILES string of the molecule is COc1ccc(N2C(=O)N(Cc3ccnc4ccccc34)C(C)(C)C2=O)cc1OCCNC(C)N1CCOCC1. The minimum Gasteiger partial charge on any atom is -0.493 e. The number of urea groups is 1. The first-order chi connectivity index (χ1) is 19.3. The van der Waals surface area contributed by atoms with Crippen LogP contribution in [-0.4, -0.2) is 85.0 Å². The van der Waals surface area contributed by atoms with Crippen molar-refractivity contribution in [3.05, 3.63) is 60.3 Å². The van der Waals surface area contributed by atoms with Crippen LogP contribution in [0.2, 0.25) is 0 Å². The number of fused-ring (bicyclic) bond motifs is 1. The van der Waals surface area contributed by atoms with E-state index in [0.717, 1.165) is 42.8 Å². The molecule has 2 saturated heterocycles. The molecule has 0 bridgehead atoms. The number of methoxy groups -OCH3 is 1. The zero-order valence-electron chi connectivity index (χ0n) is 23.6. The molecule has 1 unspecified atom stereocenters. The lowest BCUT2D eigenvalue weighted by molar-refractivity contribution is -0.123. The summed E-state index contributed by atoms with van der Waals surface area (Å²) < 4.78 is 17.0. The van der Waals surface area contributed by atoms with Gasteiger partial charge in [-0.2, -0.15) is 0 Å². The summed E-state index contributed by atoms with van der Waals surface area (Å²) in [4.78, 5) is 36.9. The van der Waals surface area contributed by atoms with Crippen molar-refractivity contribution < 1.29 is 23.8 Å². The molecule has 40 heavy (non-hydrogen) atoms. The lowest BCUT2D eigenvalue weighted by Gasteiger charge is -2.32. The summed E-state index contributed by atoms with van der Waals surface area (Å²) in [6, 6.07) is 14.4. The van der Waals surface area contributed by atoms with Gasteiger partial charge in [0.15, 0.2) is 11.5 Å². The molecule has 10 heteroatoms. The number of benzene rings is 2. The number of aromatic nitrogens is 1. The summed E-state index contributed by atoms with van der Waals surface area (Å²) in [5.41, 5.74) is 1.18. The molecule has 3 amide bonds. The lowest BCUT2D eigenvalue weighted by Crippen LogP contribution is -2.49. The summed E-state index contributed by atoms with van der Waals surface area (Å²) in [5.74, 6) is 0.703. The predicted molar refractivity (Wildman–Crippen MR) is 153 cm³/mol. The molecule has 2 aliphatic rings. The van der Waals surface area contributed by atoms with Gasteiger partial charge in [0.2, 0.25) is 0 Å². The number of hydrogen-bond donors (Lipinski definition) is 1. The molecule has 1 N–H and O–H groups in total. The Labute approximate surface area is 234 Å². The van der Waals surface area contributed by atoms with Crippen molar-refractivity contribution in [2.45, 2.75) is 39.0 Å². The number of carbonyl (C=O) groups is 2. The van der Waals surface area contributed by atoms with Gasteiger partial charge in [0.1, 0.15) is 12.1 Å². The standard InChI is InChI=1S/C30H37N5O5/c1-21(33-14-17-39-18-15-33)31-13-16-40-27-19-23(9-10-26(27)38-4)35-28(36)30(2,3)34(29(35)37)20-22-11-12-32-25-8-6-5-7-24(22)25/h5-12,19,21,31H,13-18,20H2,1-4H3. The number of ether oxygens (including phenoxy) is 3. The van der Waals surface area contributed by atoms with Crippen LogP contribution in [0.3, 0.4) is 0 Å². The van der Waals surface area contributed by atoms with Gasteiger partial charge in [-0.15, -0.1) is 0 Å². The van der Waals surface area contributed by atoms with Crippen LogP contribution in [0.5, 0.6) is 11.5 Å². The largest absolute Gasteiger partial charge is 0.493 e. The topological polar surface area (TPSA) is 96.5 Å². The van der Waals surface area contributed by atoms with Gasteiger partial charge in [-0.3, -0.25) is 20.0 Å². The fourth-order valence-corrected chi connectivity index (χ4v) is 5.23. The number of carbonyl (C=O) groups excluding carboxylic acids is 2.